The van der Waals surface area contributed by atoms with E-state index in [-0.39, 0.29) is 18.6 Å². The Labute approximate surface area is 113 Å². The molecule has 1 aromatic carbocycles. The first-order valence-electron chi connectivity index (χ1n) is 6.38. The SMILES string of the molecule is C#CCNC(=O)CN1CCO[C@H](c2ccccc2)C1. The number of benzene rings is 1. The van der Waals surface area contributed by atoms with Crippen molar-refractivity contribution >= 4 is 5.91 Å². The number of ether oxygens (including phenoxy) is 1. The Kier molecular flexibility index (Phi) is 4.96. The average molecular weight is 258 g/mol. The van der Waals surface area contributed by atoms with Crippen molar-refractivity contribution in [2.75, 3.05) is 32.8 Å². The van der Waals surface area contributed by atoms with Gasteiger partial charge in [0.05, 0.1) is 25.8 Å². The maximum absolute atomic E-state index is 11.6. The number of hydrogen-bond acceptors (Lipinski definition) is 3. The number of hydrogen-bond donors (Lipinski definition) is 1. The van der Waals surface area contributed by atoms with E-state index in [4.69, 9.17) is 11.2 Å². The van der Waals surface area contributed by atoms with E-state index in [9.17, 15) is 4.79 Å². The van der Waals surface area contributed by atoms with Crippen LogP contribution >= 0.6 is 0 Å². The number of terminal acetylenes is 1. The molecule has 4 nitrogen and oxygen atoms in total. The van der Waals surface area contributed by atoms with Gasteiger partial charge in [0.1, 0.15) is 0 Å². The fourth-order valence-corrected chi connectivity index (χ4v) is 2.12. The summed E-state index contributed by atoms with van der Waals surface area (Å²) in [5, 5.41) is 2.68. The van der Waals surface area contributed by atoms with E-state index in [2.05, 4.69) is 16.1 Å². The molecule has 1 N–H and O–H groups in total. The lowest BCUT2D eigenvalue weighted by molar-refractivity contribution is -0.124. The molecule has 4 heteroatoms. The van der Waals surface area contributed by atoms with Gasteiger partial charge in [-0.05, 0) is 5.56 Å². The number of nitrogens with zero attached hydrogens (tertiary/aromatic N) is 1. The monoisotopic (exact) mass is 258 g/mol. The number of amides is 1. The molecular weight excluding hydrogens is 240 g/mol. The molecule has 19 heavy (non-hydrogen) atoms. The quantitative estimate of drug-likeness (QED) is 0.813. The molecule has 1 aromatic rings. The van der Waals surface area contributed by atoms with Crippen LogP contribution in [0.25, 0.3) is 0 Å². The second-order valence-electron chi connectivity index (χ2n) is 4.49. The molecular formula is C15H18N2O2. The Morgan fingerprint density at radius 1 is 1.47 bits per heavy atom. The van der Waals surface area contributed by atoms with Crippen molar-refractivity contribution in [1.29, 1.82) is 0 Å². The van der Waals surface area contributed by atoms with Crippen LogP contribution in [0.5, 0.6) is 0 Å². The summed E-state index contributed by atoms with van der Waals surface area (Å²) >= 11 is 0. The molecule has 1 amide bonds. The molecule has 0 aromatic heterocycles. The average Bonchev–Trinajstić information content (AvgIpc) is 2.46. The van der Waals surface area contributed by atoms with Crippen molar-refractivity contribution in [3.05, 3.63) is 35.9 Å². The van der Waals surface area contributed by atoms with Gasteiger partial charge in [-0.25, -0.2) is 0 Å². The maximum atomic E-state index is 11.6. The van der Waals surface area contributed by atoms with Crippen LogP contribution in [0.3, 0.4) is 0 Å². The minimum absolute atomic E-state index is 0.0355. The third kappa shape index (κ3) is 4.09. The Hall–Kier alpha value is -1.83. The fourth-order valence-electron chi connectivity index (χ4n) is 2.12. The maximum Gasteiger partial charge on any atom is 0.234 e. The van der Waals surface area contributed by atoms with Gasteiger partial charge in [0.2, 0.25) is 5.91 Å². The van der Waals surface area contributed by atoms with E-state index in [0.717, 1.165) is 18.7 Å². The van der Waals surface area contributed by atoms with Crippen molar-refractivity contribution in [2.45, 2.75) is 6.10 Å². The molecule has 2 rings (SSSR count). The van der Waals surface area contributed by atoms with Gasteiger partial charge in [-0.1, -0.05) is 36.3 Å². The molecule has 0 unspecified atom stereocenters. The first kappa shape index (κ1) is 13.6. The number of carbonyl (C=O) groups is 1. The molecule has 1 aliphatic heterocycles. The van der Waals surface area contributed by atoms with Gasteiger partial charge in [-0.3, -0.25) is 9.69 Å². The molecule has 100 valence electrons. The van der Waals surface area contributed by atoms with Crippen molar-refractivity contribution in [3.63, 3.8) is 0 Å². The van der Waals surface area contributed by atoms with E-state index >= 15 is 0 Å². The van der Waals surface area contributed by atoms with Gasteiger partial charge in [0, 0.05) is 13.1 Å². The minimum Gasteiger partial charge on any atom is -0.371 e. The fraction of sp³-hybridized carbons (Fsp3) is 0.400. The first-order valence-corrected chi connectivity index (χ1v) is 6.38. The predicted molar refractivity (Wildman–Crippen MR) is 73.4 cm³/mol. The summed E-state index contributed by atoms with van der Waals surface area (Å²) in [6, 6.07) is 10.1. The molecule has 0 aliphatic carbocycles. The molecule has 0 radical (unpaired) electrons. The van der Waals surface area contributed by atoms with E-state index < -0.39 is 0 Å². The third-order valence-corrected chi connectivity index (χ3v) is 3.08. The highest BCUT2D eigenvalue weighted by atomic mass is 16.5. The van der Waals surface area contributed by atoms with Crippen LogP contribution in [0.15, 0.2) is 30.3 Å². The van der Waals surface area contributed by atoms with Crippen LogP contribution in [0.1, 0.15) is 11.7 Å². The second kappa shape index (κ2) is 6.93. The summed E-state index contributed by atoms with van der Waals surface area (Å²) in [7, 11) is 0. The molecule has 1 heterocycles. The van der Waals surface area contributed by atoms with Gasteiger partial charge in [0.25, 0.3) is 0 Å². The van der Waals surface area contributed by atoms with Crippen molar-refractivity contribution in [2.24, 2.45) is 0 Å². The molecule has 1 saturated heterocycles. The summed E-state index contributed by atoms with van der Waals surface area (Å²) < 4.78 is 5.75. The molecule has 1 fully saturated rings. The van der Waals surface area contributed by atoms with Crippen LogP contribution in [0, 0.1) is 12.3 Å². The summed E-state index contributed by atoms with van der Waals surface area (Å²) in [5.41, 5.74) is 1.15. The predicted octanol–water partition coefficient (Wildman–Crippen LogP) is 0.809. The molecule has 0 bridgehead atoms. The van der Waals surface area contributed by atoms with Crippen LogP contribution in [-0.2, 0) is 9.53 Å². The van der Waals surface area contributed by atoms with Crippen LogP contribution in [-0.4, -0.2) is 43.6 Å². The van der Waals surface area contributed by atoms with Crippen LogP contribution in [0.2, 0.25) is 0 Å². The minimum atomic E-state index is -0.0355. The summed E-state index contributed by atoms with van der Waals surface area (Å²) in [6.45, 7) is 2.79. The molecule has 0 spiro atoms. The zero-order valence-electron chi connectivity index (χ0n) is 10.8. The Morgan fingerprint density at radius 3 is 3.00 bits per heavy atom. The lowest BCUT2D eigenvalue weighted by Gasteiger charge is -2.32. The highest BCUT2D eigenvalue weighted by molar-refractivity contribution is 5.78. The smallest absolute Gasteiger partial charge is 0.234 e. The van der Waals surface area contributed by atoms with E-state index in [1.165, 1.54) is 0 Å². The lowest BCUT2D eigenvalue weighted by atomic mass is 10.1. The van der Waals surface area contributed by atoms with Crippen molar-refractivity contribution in [3.8, 4) is 12.3 Å². The zero-order valence-corrected chi connectivity index (χ0v) is 10.8. The molecule has 0 saturated carbocycles. The Bertz CT molecular complexity index is 453. The van der Waals surface area contributed by atoms with Gasteiger partial charge < -0.3 is 10.1 Å². The summed E-state index contributed by atoms with van der Waals surface area (Å²) in [4.78, 5) is 13.7. The zero-order chi connectivity index (χ0) is 13.5. The summed E-state index contributed by atoms with van der Waals surface area (Å²) in [6.07, 6.45) is 5.15. The standard InChI is InChI=1S/C15H18N2O2/c1-2-8-16-15(18)12-17-9-10-19-14(11-17)13-6-4-3-5-7-13/h1,3-7,14H,8-12H2,(H,16,18)/t14-/m0/s1. The molecule has 1 aliphatic rings. The highest BCUT2D eigenvalue weighted by Crippen LogP contribution is 2.21. The molecule has 1 atom stereocenters. The van der Waals surface area contributed by atoms with Crippen LogP contribution in [0.4, 0.5) is 0 Å². The number of nitrogens with one attached hydrogen (secondary N) is 1. The van der Waals surface area contributed by atoms with Gasteiger partial charge >= 0.3 is 0 Å². The van der Waals surface area contributed by atoms with Gasteiger partial charge in [-0.2, -0.15) is 0 Å². The van der Waals surface area contributed by atoms with E-state index in [1.807, 2.05) is 30.3 Å². The largest absolute Gasteiger partial charge is 0.371 e. The Balaban J connectivity index is 1.87. The highest BCUT2D eigenvalue weighted by Gasteiger charge is 2.22. The normalized spacial score (nSPS) is 19.6. The Morgan fingerprint density at radius 2 is 2.26 bits per heavy atom. The van der Waals surface area contributed by atoms with E-state index in [1.54, 1.807) is 0 Å². The second-order valence-corrected chi connectivity index (χ2v) is 4.49. The number of carbonyl (C=O) groups excluding carboxylic acids is 1. The van der Waals surface area contributed by atoms with Gasteiger partial charge in [0.15, 0.2) is 0 Å². The summed E-state index contributed by atoms with van der Waals surface area (Å²) in [5.74, 6) is 2.36. The van der Waals surface area contributed by atoms with E-state index in [0.29, 0.717) is 13.2 Å². The van der Waals surface area contributed by atoms with Crippen molar-refractivity contribution in [1.82, 2.24) is 10.2 Å². The number of rotatable bonds is 4. The van der Waals surface area contributed by atoms with Gasteiger partial charge in [-0.15, -0.1) is 6.42 Å². The van der Waals surface area contributed by atoms with Crippen molar-refractivity contribution < 1.29 is 9.53 Å². The topological polar surface area (TPSA) is 41.6 Å². The third-order valence-electron chi connectivity index (χ3n) is 3.08. The van der Waals surface area contributed by atoms with Crippen LogP contribution < -0.4 is 5.32 Å². The number of morpholine rings is 1. The lowest BCUT2D eigenvalue weighted by Crippen LogP contribution is -2.44. The first-order chi connectivity index (χ1) is 9.29.